The van der Waals surface area contributed by atoms with E-state index in [9.17, 15) is 5.11 Å². The fourth-order valence-electron chi connectivity index (χ4n) is 2.50. The van der Waals surface area contributed by atoms with Crippen LogP contribution in [-0.4, -0.2) is 22.7 Å². The van der Waals surface area contributed by atoms with Crippen LogP contribution in [0.1, 0.15) is 25.8 Å². The third-order valence-electron chi connectivity index (χ3n) is 3.45. The molecule has 112 valence electrons. The average Bonchev–Trinajstić information content (AvgIpc) is 2.48. The Bertz CT molecular complexity index is 540. The molecular weight excluding hydrogens is 260 g/mol. The number of rotatable bonds is 7. The van der Waals surface area contributed by atoms with Gasteiger partial charge in [0.25, 0.3) is 0 Å². The quantitative estimate of drug-likeness (QED) is 0.820. The molecule has 0 amide bonds. The third kappa shape index (κ3) is 5.29. The topological polar surface area (TPSA) is 45.1 Å². The van der Waals surface area contributed by atoms with Gasteiger partial charge in [0.1, 0.15) is 0 Å². The normalized spacial score (nSPS) is 13.9. The highest BCUT2D eigenvalue weighted by molar-refractivity contribution is 5.59. The summed E-state index contributed by atoms with van der Waals surface area (Å²) in [5.41, 5.74) is 3.40. The van der Waals surface area contributed by atoms with Crippen LogP contribution in [-0.2, 0) is 6.54 Å². The number of hydrogen-bond acceptors (Lipinski definition) is 3. The first kappa shape index (κ1) is 15.7. The Morgan fingerprint density at radius 2 is 2.00 bits per heavy atom. The molecule has 0 fully saturated rings. The predicted molar refractivity (Wildman–Crippen MR) is 86.8 cm³/mol. The summed E-state index contributed by atoms with van der Waals surface area (Å²) >= 11 is 0. The first-order valence-electron chi connectivity index (χ1n) is 7.54. The van der Waals surface area contributed by atoms with E-state index in [1.54, 1.807) is 0 Å². The van der Waals surface area contributed by atoms with Crippen LogP contribution >= 0.6 is 0 Å². The molecule has 2 N–H and O–H groups in total. The second kappa shape index (κ2) is 7.91. The number of aliphatic hydroxyl groups excluding tert-OH is 1. The molecular formula is C18H24N2O. The monoisotopic (exact) mass is 284 g/mol. The largest absolute Gasteiger partial charge is 0.393 e. The lowest BCUT2D eigenvalue weighted by Gasteiger charge is -2.14. The number of pyridine rings is 1. The molecule has 3 nitrogen and oxygen atoms in total. The summed E-state index contributed by atoms with van der Waals surface area (Å²) in [5, 5.41) is 12.8. The van der Waals surface area contributed by atoms with Crippen LogP contribution in [0.4, 0.5) is 0 Å². The molecule has 1 aromatic heterocycles. The number of benzene rings is 1. The van der Waals surface area contributed by atoms with Crippen LogP contribution in [0.5, 0.6) is 0 Å². The Kier molecular flexibility index (Phi) is 5.90. The molecule has 0 aliphatic carbocycles. The second-order valence-electron chi connectivity index (χ2n) is 5.74. The van der Waals surface area contributed by atoms with Crippen LogP contribution in [0.3, 0.4) is 0 Å². The minimum atomic E-state index is -0.228. The van der Waals surface area contributed by atoms with Crippen molar-refractivity contribution in [2.45, 2.75) is 32.9 Å². The number of hydrogen-bond donors (Lipinski definition) is 2. The zero-order chi connectivity index (χ0) is 15.1. The van der Waals surface area contributed by atoms with E-state index in [0.717, 1.165) is 30.8 Å². The second-order valence-corrected chi connectivity index (χ2v) is 5.74. The van der Waals surface area contributed by atoms with E-state index in [-0.39, 0.29) is 6.10 Å². The summed E-state index contributed by atoms with van der Waals surface area (Å²) in [6, 6.07) is 14.4. The fourth-order valence-corrected chi connectivity index (χ4v) is 2.50. The lowest BCUT2D eigenvalue weighted by molar-refractivity contribution is 0.163. The Morgan fingerprint density at radius 3 is 2.71 bits per heavy atom. The molecule has 1 heterocycles. The van der Waals surface area contributed by atoms with Crippen molar-refractivity contribution in [2.24, 2.45) is 5.92 Å². The number of nitrogens with zero attached hydrogens (tertiary/aromatic N) is 1. The molecule has 2 atom stereocenters. The highest BCUT2D eigenvalue weighted by Crippen LogP contribution is 2.17. The van der Waals surface area contributed by atoms with Gasteiger partial charge in [0.2, 0.25) is 0 Å². The van der Waals surface area contributed by atoms with Crippen LogP contribution < -0.4 is 5.32 Å². The van der Waals surface area contributed by atoms with Crippen molar-refractivity contribution < 1.29 is 5.11 Å². The van der Waals surface area contributed by atoms with Gasteiger partial charge in [0.15, 0.2) is 0 Å². The molecule has 2 unspecified atom stereocenters. The highest BCUT2D eigenvalue weighted by atomic mass is 16.3. The average molecular weight is 284 g/mol. The summed E-state index contributed by atoms with van der Waals surface area (Å²) < 4.78 is 0. The van der Waals surface area contributed by atoms with Crippen LogP contribution in [0.2, 0.25) is 0 Å². The van der Waals surface area contributed by atoms with Crippen molar-refractivity contribution in [1.29, 1.82) is 0 Å². The maximum Gasteiger partial charge on any atom is 0.0702 e. The molecule has 1 aromatic carbocycles. The van der Waals surface area contributed by atoms with E-state index in [0.29, 0.717) is 5.92 Å². The van der Waals surface area contributed by atoms with E-state index in [2.05, 4.69) is 41.5 Å². The first-order chi connectivity index (χ1) is 10.1. The third-order valence-corrected chi connectivity index (χ3v) is 3.45. The lowest BCUT2D eigenvalue weighted by Crippen LogP contribution is -2.23. The van der Waals surface area contributed by atoms with Crippen LogP contribution in [0, 0.1) is 5.92 Å². The minimum absolute atomic E-state index is 0.228. The molecule has 0 saturated carbocycles. The summed E-state index contributed by atoms with van der Waals surface area (Å²) in [6.45, 7) is 5.75. The van der Waals surface area contributed by atoms with Crippen molar-refractivity contribution in [2.75, 3.05) is 6.54 Å². The molecule has 0 bridgehead atoms. The number of aliphatic hydroxyl groups is 1. The smallest absolute Gasteiger partial charge is 0.0702 e. The molecule has 0 spiro atoms. The van der Waals surface area contributed by atoms with Gasteiger partial charge < -0.3 is 10.4 Å². The summed E-state index contributed by atoms with van der Waals surface area (Å²) in [5.74, 6) is 0.476. The molecule has 0 radical (unpaired) electrons. The predicted octanol–water partition coefficient (Wildman–Crippen LogP) is 3.25. The van der Waals surface area contributed by atoms with E-state index in [1.165, 1.54) is 5.56 Å². The standard InChI is InChI=1S/C18H24N2O/c1-14(10-15(2)21)12-19-13-16-6-5-7-17(11-16)18-8-3-4-9-20-18/h3-9,11,14-15,19,21H,10,12-13H2,1-2H3. The van der Waals surface area contributed by atoms with E-state index < -0.39 is 0 Å². The van der Waals surface area contributed by atoms with Crippen LogP contribution in [0.25, 0.3) is 11.3 Å². The highest BCUT2D eigenvalue weighted by Gasteiger charge is 2.06. The molecule has 0 aliphatic rings. The minimum Gasteiger partial charge on any atom is -0.393 e. The van der Waals surface area contributed by atoms with E-state index in [1.807, 2.05) is 31.3 Å². The first-order valence-corrected chi connectivity index (χ1v) is 7.54. The Balaban J connectivity index is 1.90. The summed E-state index contributed by atoms with van der Waals surface area (Å²) in [6.07, 6.45) is 2.42. The van der Waals surface area contributed by atoms with Gasteiger partial charge >= 0.3 is 0 Å². The van der Waals surface area contributed by atoms with Crippen LogP contribution in [0.15, 0.2) is 48.7 Å². The van der Waals surface area contributed by atoms with Crippen molar-refractivity contribution in [3.8, 4) is 11.3 Å². The molecule has 0 aliphatic heterocycles. The number of nitrogens with one attached hydrogen (secondary N) is 1. The Labute approximate surface area is 127 Å². The summed E-state index contributed by atoms with van der Waals surface area (Å²) in [7, 11) is 0. The van der Waals surface area contributed by atoms with Gasteiger partial charge in [-0.2, -0.15) is 0 Å². The SMILES string of the molecule is CC(O)CC(C)CNCc1cccc(-c2ccccn2)c1. The van der Waals surface area contributed by atoms with Gasteiger partial charge in [-0.25, -0.2) is 0 Å². The zero-order valence-corrected chi connectivity index (χ0v) is 12.8. The van der Waals surface area contributed by atoms with Gasteiger partial charge in [-0.1, -0.05) is 31.2 Å². The van der Waals surface area contributed by atoms with Crippen molar-refractivity contribution in [1.82, 2.24) is 10.3 Å². The summed E-state index contributed by atoms with van der Waals surface area (Å²) in [4.78, 5) is 4.38. The van der Waals surface area contributed by atoms with Gasteiger partial charge in [-0.3, -0.25) is 4.98 Å². The molecule has 21 heavy (non-hydrogen) atoms. The Hall–Kier alpha value is -1.71. The van der Waals surface area contributed by atoms with E-state index in [4.69, 9.17) is 0 Å². The van der Waals surface area contributed by atoms with Gasteiger partial charge in [-0.05, 0) is 49.6 Å². The fraction of sp³-hybridized carbons (Fsp3) is 0.389. The zero-order valence-electron chi connectivity index (χ0n) is 12.8. The Morgan fingerprint density at radius 1 is 1.14 bits per heavy atom. The number of aromatic nitrogens is 1. The van der Waals surface area contributed by atoms with E-state index >= 15 is 0 Å². The molecule has 2 rings (SSSR count). The van der Waals surface area contributed by atoms with Gasteiger partial charge in [0, 0.05) is 18.3 Å². The molecule has 3 heteroatoms. The maximum atomic E-state index is 9.37. The maximum absolute atomic E-state index is 9.37. The van der Waals surface area contributed by atoms with Gasteiger partial charge in [-0.15, -0.1) is 0 Å². The lowest BCUT2D eigenvalue weighted by atomic mass is 10.0. The molecule has 0 saturated heterocycles. The van der Waals surface area contributed by atoms with Crippen molar-refractivity contribution >= 4 is 0 Å². The van der Waals surface area contributed by atoms with Gasteiger partial charge in [0.05, 0.1) is 11.8 Å². The van der Waals surface area contributed by atoms with Crippen molar-refractivity contribution in [3.05, 3.63) is 54.2 Å². The van der Waals surface area contributed by atoms with Crippen molar-refractivity contribution in [3.63, 3.8) is 0 Å². The molecule has 2 aromatic rings.